The predicted molar refractivity (Wildman–Crippen MR) is 63.7 cm³/mol. The maximum atomic E-state index is 5.77. The fraction of sp³-hybridized carbons (Fsp3) is 0.308. The van der Waals surface area contributed by atoms with E-state index in [4.69, 9.17) is 5.73 Å². The average Bonchev–Trinajstić information content (AvgIpc) is 2.97. The third kappa shape index (κ3) is 1.44. The van der Waals surface area contributed by atoms with Crippen molar-refractivity contribution < 1.29 is 0 Å². The molecule has 1 heterocycles. The summed E-state index contributed by atoms with van der Waals surface area (Å²) in [5.74, 6) is 0.562. The van der Waals surface area contributed by atoms with Gasteiger partial charge in [-0.2, -0.15) is 0 Å². The fourth-order valence-electron chi connectivity index (χ4n) is 2.51. The molecule has 1 unspecified atom stereocenters. The smallest absolute Gasteiger partial charge is 0.0991 e. The van der Waals surface area contributed by atoms with E-state index in [1.54, 1.807) is 6.20 Å². The lowest BCUT2D eigenvalue weighted by molar-refractivity contribution is 0.688. The molecule has 82 valence electrons. The van der Waals surface area contributed by atoms with Gasteiger partial charge in [0, 0.05) is 18.1 Å². The molecule has 0 spiro atoms. The summed E-state index contributed by atoms with van der Waals surface area (Å²) in [4.78, 5) is 4.07. The van der Waals surface area contributed by atoms with Crippen molar-refractivity contribution in [1.29, 1.82) is 0 Å². The van der Waals surface area contributed by atoms with E-state index < -0.39 is 0 Å². The molecule has 0 bridgehead atoms. The van der Waals surface area contributed by atoms with Crippen molar-refractivity contribution in [2.24, 2.45) is 5.73 Å². The zero-order valence-electron chi connectivity index (χ0n) is 9.13. The van der Waals surface area contributed by atoms with Crippen LogP contribution in [-0.2, 0) is 6.42 Å². The highest BCUT2D eigenvalue weighted by Gasteiger charge is 2.21. The normalized spacial score (nSPS) is 18.7. The van der Waals surface area contributed by atoms with Gasteiger partial charge in [-0.3, -0.25) is 0 Å². The number of aryl methyl sites for hydroxylation is 1. The van der Waals surface area contributed by atoms with E-state index in [9.17, 15) is 0 Å². The number of nitrogens with zero attached hydrogens (tertiary/aromatic N) is 2. The Morgan fingerprint density at radius 3 is 3.12 bits per heavy atom. The zero-order chi connectivity index (χ0) is 11.0. The van der Waals surface area contributed by atoms with Gasteiger partial charge in [0.1, 0.15) is 0 Å². The number of nitrogens with two attached hydrogens (primary N) is 1. The molecule has 3 heteroatoms. The molecule has 0 radical (unpaired) electrons. The van der Waals surface area contributed by atoms with Crippen LogP contribution in [0.1, 0.15) is 23.5 Å². The first-order valence-corrected chi connectivity index (χ1v) is 5.69. The van der Waals surface area contributed by atoms with Crippen LogP contribution < -0.4 is 5.73 Å². The lowest BCUT2D eigenvalue weighted by Crippen LogP contribution is -2.09. The summed E-state index contributed by atoms with van der Waals surface area (Å²) >= 11 is 0. The molecular weight excluding hydrogens is 198 g/mol. The molecule has 0 fully saturated rings. The summed E-state index contributed by atoms with van der Waals surface area (Å²) in [7, 11) is 0. The van der Waals surface area contributed by atoms with Crippen molar-refractivity contribution >= 4 is 0 Å². The molecule has 1 aliphatic rings. The molecule has 1 atom stereocenters. The number of rotatable bonds is 2. The summed E-state index contributed by atoms with van der Waals surface area (Å²) in [6, 6.07) is 6.62. The lowest BCUT2D eigenvalue weighted by Gasteiger charge is -2.09. The van der Waals surface area contributed by atoms with Gasteiger partial charge in [0.2, 0.25) is 0 Å². The lowest BCUT2D eigenvalue weighted by atomic mass is 10.0. The van der Waals surface area contributed by atoms with E-state index in [1.165, 1.54) is 23.2 Å². The first-order valence-electron chi connectivity index (χ1n) is 5.69. The van der Waals surface area contributed by atoms with Crippen LogP contribution in [0.5, 0.6) is 0 Å². The van der Waals surface area contributed by atoms with Crippen molar-refractivity contribution in [2.45, 2.75) is 18.8 Å². The number of aromatic nitrogens is 2. The number of hydrogen-bond donors (Lipinski definition) is 1. The molecule has 3 rings (SSSR count). The molecule has 2 aromatic rings. The minimum absolute atomic E-state index is 0.562. The molecular formula is C13H15N3. The fourth-order valence-corrected chi connectivity index (χ4v) is 2.51. The van der Waals surface area contributed by atoms with Crippen LogP contribution >= 0.6 is 0 Å². The Balaban J connectivity index is 2.01. The molecule has 0 saturated heterocycles. The van der Waals surface area contributed by atoms with E-state index in [2.05, 4.69) is 23.2 Å². The zero-order valence-corrected chi connectivity index (χ0v) is 9.13. The third-order valence-electron chi connectivity index (χ3n) is 3.42. The number of fused-ring (bicyclic) bond motifs is 1. The summed E-state index contributed by atoms with van der Waals surface area (Å²) < 4.78 is 2.04. The molecule has 1 aromatic carbocycles. The maximum Gasteiger partial charge on any atom is 0.0991 e. The highest BCUT2D eigenvalue weighted by Crippen LogP contribution is 2.33. The molecule has 0 saturated carbocycles. The van der Waals surface area contributed by atoms with Gasteiger partial charge in [0.15, 0.2) is 0 Å². The highest BCUT2D eigenvalue weighted by molar-refractivity contribution is 5.44. The minimum atomic E-state index is 0.562. The maximum absolute atomic E-state index is 5.77. The Kier molecular flexibility index (Phi) is 2.26. The van der Waals surface area contributed by atoms with Gasteiger partial charge in [0.25, 0.3) is 0 Å². The number of hydrogen-bond acceptors (Lipinski definition) is 2. The molecule has 16 heavy (non-hydrogen) atoms. The summed E-state index contributed by atoms with van der Waals surface area (Å²) in [5, 5.41) is 0. The highest BCUT2D eigenvalue weighted by atomic mass is 15.0. The largest absolute Gasteiger partial charge is 0.330 e. The van der Waals surface area contributed by atoms with Crippen LogP contribution in [0.15, 0.2) is 36.9 Å². The van der Waals surface area contributed by atoms with E-state index >= 15 is 0 Å². The Bertz CT molecular complexity index is 488. The van der Waals surface area contributed by atoms with E-state index in [1.807, 2.05) is 17.1 Å². The van der Waals surface area contributed by atoms with Crippen molar-refractivity contribution in [1.82, 2.24) is 9.55 Å². The van der Waals surface area contributed by atoms with E-state index in [0.717, 1.165) is 13.0 Å². The Labute approximate surface area is 94.9 Å². The first-order chi connectivity index (χ1) is 7.88. The second kappa shape index (κ2) is 3.76. The summed E-state index contributed by atoms with van der Waals surface area (Å²) in [6.45, 7) is 0.761. The molecule has 2 N–H and O–H groups in total. The van der Waals surface area contributed by atoms with Gasteiger partial charge >= 0.3 is 0 Å². The van der Waals surface area contributed by atoms with Gasteiger partial charge in [-0.1, -0.05) is 6.07 Å². The Morgan fingerprint density at radius 1 is 1.44 bits per heavy atom. The summed E-state index contributed by atoms with van der Waals surface area (Å²) in [6.07, 6.45) is 7.95. The second-order valence-corrected chi connectivity index (χ2v) is 4.32. The standard InChI is InChI=1S/C13H15N3/c14-8-11-2-1-10-7-12(3-4-13(10)11)16-6-5-15-9-16/h3-7,9,11H,1-2,8,14H2. The molecule has 3 nitrogen and oxygen atoms in total. The second-order valence-electron chi connectivity index (χ2n) is 4.32. The van der Waals surface area contributed by atoms with Gasteiger partial charge in [0.05, 0.1) is 6.33 Å². The van der Waals surface area contributed by atoms with Crippen LogP contribution in [0.2, 0.25) is 0 Å². The topological polar surface area (TPSA) is 43.8 Å². The molecule has 0 aliphatic heterocycles. The number of benzene rings is 1. The average molecular weight is 213 g/mol. The number of imidazole rings is 1. The molecule has 0 amide bonds. The van der Waals surface area contributed by atoms with E-state index in [-0.39, 0.29) is 0 Å². The van der Waals surface area contributed by atoms with Crippen molar-refractivity contribution in [3.8, 4) is 5.69 Å². The van der Waals surface area contributed by atoms with Crippen molar-refractivity contribution in [3.63, 3.8) is 0 Å². The Morgan fingerprint density at radius 2 is 2.38 bits per heavy atom. The van der Waals surface area contributed by atoms with Crippen molar-refractivity contribution in [2.75, 3.05) is 6.54 Å². The van der Waals surface area contributed by atoms with Crippen LogP contribution in [0.4, 0.5) is 0 Å². The first kappa shape index (κ1) is 9.60. The monoisotopic (exact) mass is 213 g/mol. The van der Waals surface area contributed by atoms with Crippen LogP contribution in [0, 0.1) is 0 Å². The van der Waals surface area contributed by atoms with Crippen LogP contribution in [0.25, 0.3) is 5.69 Å². The SMILES string of the molecule is NCC1CCc2cc(-n3ccnc3)ccc21. The van der Waals surface area contributed by atoms with E-state index in [0.29, 0.717) is 5.92 Å². The van der Waals surface area contributed by atoms with Gasteiger partial charge < -0.3 is 10.3 Å². The Hall–Kier alpha value is -1.61. The van der Waals surface area contributed by atoms with Gasteiger partial charge in [-0.15, -0.1) is 0 Å². The predicted octanol–water partition coefficient (Wildman–Crippen LogP) is 1.86. The van der Waals surface area contributed by atoms with Gasteiger partial charge in [-0.05, 0) is 48.6 Å². The minimum Gasteiger partial charge on any atom is -0.330 e. The molecule has 1 aliphatic carbocycles. The summed E-state index contributed by atoms with van der Waals surface area (Å²) in [5.41, 5.74) is 9.84. The van der Waals surface area contributed by atoms with Gasteiger partial charge in [-0.25, -0.2) is 4.98 Å². The van der Waals surface area contributed by atoms with Crippen molar-refractivity contribution in [3.05, 3.63) is 48.0 Å². The third-order valence-corrected chi connectivity index (χ3v) is 3.42. The quantitative estimate of drug-likeness (QED) is 0.827. The van der Waals surface area contributed by atoms with Crippen LogP contribution in [-0.4, -0.2) is 16.1 Å². The van der Waals surface area contributed by atoms with Crippen LogP contribution in [0.3, 0.4) is 0 Å². The molecule has 1 aromatic heterocycles.